The van der Waals surface area contributed by atoms with Crippen LogP contribution in [-0.4, -0.2) is 56.4 Å². The fourth-order valence-corrected chi connectivity index (χ4v) is 5.59. The molecule has 35 heavy (non-hydrogen) atoms. The van der Waals surface area contributed by atoms with Gasteiger partial charge >= 0.3 is 0 Å². The van der Waals surface area contributed by atoms with Gasteiger partial charge in [-0.2, -0.15) is 0 Å². The first-order valence-electron chi connectivity index (χ1n) is 11.4. The number of rotatable bonds is 6. The summed E-state index contributed by atoms with van der Waals surface area (Å²) in [5.41, 5.74) is 1.33. The van der Waals surface area contributed by atoms with Crippen molar-refractivity contribution < 1.29 is 32.3 Å². The van der Waals surface area contributed by atoms with Crippen LogP contribution >= 0.6 is 0 Å². The number of sulfonamides is 1. The summed E-state index contributed by atoms with van der Waals surface area (Å²) in [6, 6.07) is 10.2. The van der Waals surface area contributed by atoms with Crippen LogP contribution in [-0.2, 0) is 30.9 Å². The highest BCUT2D eigenvalue weighted by atomic mass is 32.2. The lowest BCUT2D eigenvalue weighted by Gasteiger charge is -2.29. The fourth-order valence-electron chi connectivity index (χ4n) is 4.54. The summed E-state index contributed by atoms with van der Waals surface area (Å²) in [7, 11) is -3.87. The van der Waals surface area contributed by atoms with E-state index in [0.717, 1.165) is 12.8 Å². The number of nitrogens with one attached hydrogen (secondary N) is 2. The zero-order valence-corrected chi connectivity index (χ0v) is 19.7. The summed E-state index contributed by atoms with van der Waals surface area (Å²) in [4.78, 5) is 37.9. The second-order valence-electron chi connectivity index (χ2n) is 8.78. The molecule has 10 nitrogen and oxygen atoms in total. The van der Waals surface area contributed by atoms with Crippen LogP contribution in [0.3, 0.4) is 0 Å². The summed E-state index contributed by atoms with van der Waals surface area (Å²) in [6.07, 6.45) is 2.07. The van der Waals surface area contributed by atoms with Gasteiger partial charge in [0.2, 0.25) is 11.8 Å². The molecule has 0 saturated carbocycles. The van der Waals surface area contributed by atoms with Crippen LogP contribution in [0.25, 0.3) is 0 Å². The zero-order valence-electron chi connectivity index (χ0n) is 18.9. The van der Waals surface area contributed by atoms with Gasteiger partial charge < -0.3 is 14.4 Å². The van der Waals surface area contributed by atoms with E-state index in [1.807, 2.05) is 0 Å². The molecule has 1 atom stereocenters. The Balaban J connectivity index is 1.27. The van der Waals surface area contributed by atoms with E-state index >= 15 is 0 Å². The van der Waals surface area contributed by atoms with E-state index in [-0.39, 0.29) is 42.2 Å². The largest absolute Gasteiger partial charge is 0.490 e. The molecule has 1 unspecified atom stereocenters. The summed E-state index contributed by atoms with van der Waals surface area (Å²) in [6.45, 7) is 1.46. The maximum Gasteiger partial charge on any atom is 0.261 e. The van der Waals surface area contributed by atoms with Crippen molar-refractivity contribution in [2.24, 2.45) is 0 Å². The molecule has 0 aliphatic carbocycles. The number of imide groups is 1. The van der Waals surface area contributed by atoms with Gasteiger partial charge in [0, 0.05) is 37.1 Å². The van der Waals surface area contributed by atoms with Crippen molar-refractivity contribution in [1.82, 2.24) is 10.2 Å². The Morgan fingerprint density at radius 1 is 1.00 bits per heavy atom. The summed E-state index contributed by atoms with van der Waals surface area (Å²) in [5, 5.41) is 2.26. The van der Waals surface area contributed by atoms with Crippen molar-refractivity contribution in [3.05, 3.63) is 53.6 Å². The lowest BCUT2D eigenvalue weighted by atomic mass is 10.0. The van der Waals surface area contributed by atoms with Crippen molar-refractivity contribution in [3.63, 3.8) is 0 Å². The Bertz CT molecular complexity index is 1270. The highest BCUT2D eigenvalue weighted by Gasteiger charge is 2.39. The van der Waals surface area contributed by atoms with Gasteiger partial charge in [0.1, 0.15) is 17.9 Å². The third-order valence-corrected chi connectivity index (χ3v) is 7.78. The first-order chi connectivity index (χ1) is 16.8. The molecule has 0 spiro atoms. The third kappa shape index (κ3) is 4.87. The molecular weight excluding hydrogens is 474 g/mol. The average molecular weight is 500 g/mol. The number of amides is 3. The Kier molecular flexibility index (Phi) is 6.20. The molecule has 11 heteroatoms. The van der Waals surface area contributed by atoms with E-state index in [9.17, 15) is 22.8 Å². The minimum Gasteiger partial charge on any atom is -0.490 e. The number of hydrogen-bond donors (Lipinski definition) is 2. The molecule has 2 aromatic carbocycles. The number of nitrogens with zero attached hydrogens (tertiary/aromatic N) is 1. The number of carbonyl (C=O) groups is 3. The highest BCUT2D eigenvalue weighted by Crippen LogP contribution is 2.30. The third-order valence-electron chi connectivity index (χ3n) is 6.38. The molecule has 3 aliphatic heterocycles. The number of ether oxygens (including phenoxy) is 2. The molecular formula is C24H25N3O7S. The first-order valence-corrected chi connectivity index (χ1v) is 12.9. The quantitative estimate of drug-likeness (QED) is 0.580. The molecule has 3 aliphatic rings. The number of anilines is 1. The van der Waals surface area contributed by atoms with E-state index in [4.69, 9.17) is 9.47 Å². The average Bonchev–Trinajstić information content (AvgIpc) is 3.15. The second-order valence-corrected chi connectivity index (χ2v) is 10.5. The maximum atomic E-state index is 12.9. The lowest BCUT2D eigenvalue weighted by Crippen LogP contribution is -2.52. The van der Waals surface area contributed by atoms with Crippen LogP contribution in [0.2, 0.25) is 0 Å². The Morgan fingerprint density at radius 3 is 2.46 bits per heavy atom. The smallest absolute Gasteiger partial charge is 0.261 e. The SMILES string of the molecule is O=C1CCC(N2Cc3cc(NS(=O)(=O)c4ccc(OC5CCOCC5)cc4)ccc3C2=O)C(=O)N1. The van der Waals surface area contributed by atoms with E-state index in [1.54, 1.807) is 24.3 Å². The standard InChI is InChI=1S/C24H25N3O7S/c28-22-8-7-21(23(29)25-22)27-14-15-13-16(1-6-20(15)24(27)30)26-35(31,32)19-4-2-17(3-5-19)34-18-9-11-33-12-10-18/h1-6,13,18,21,26H,7-12,14H2,(H,25,28,29). The van der Waals surface area contributed by atoms with Crippen LogP contribution in [0, 0.1) is 0 Å². The zero-order chi connectivity index (χ0) is 24.6. The Hall–Kier alpha value is -3.44. The van der Waals surface area contributed by atoms with Crippen LogP contribution in [0.4, 0.5) is 5.69 Å². The van der Waals surface area contributed by atoms with Crippen molar-refractivity contribution in [2.75, 3.05) is 17.9 Å². The monoisotopic (exact) mass is 499 g/mol. The molecule has 2 fully saturated rings. The van der Waals surface area contributed by atoms with Crippen LogP contribution < -0.4 is 14.8 Å². The number of hydrogen-bond acceptors (Lipinski definition) is 7. The van der Waals surface area contributed by atoms with E-state index < -0.39 is 22.0 Å². The van der Waals surface area contributed by atoms with Gasteiger partial charge in [0.15, 0.2) is 0 Å². The fraction of sp³-hybridized carbons (Fsp3) is 0.375. The lowest BCUT2D eigenvalue weighted by molar-refractivity contribution is -0.136. The summed E-state index contributed by atoms with van der Waals surface area (Å²) < 4.78 is 39.6. The van der Waals surface area contributed by atoms with Gasteiger partial charge in [-0.15, -0.1) is 0 Å². The van der Waals surface area contributed by atoms with Gasteiger partial charge in [0.25, 0.3) is 15.9 Å². The van der Waals surface area contributed by atoms with Crippen molar-refractivity contribution in [1.29, 1.82) is 0 Å². The minimum absolute atomic E-state index is 0.0539. The van der Waals surface area contributed by atoms with E-state index in [2.05, 4.69) is 10.0 Å². The van der Waals surface area contributed by atoms with Crippen LogP contribution in [0.1, 0.15) is 41.6 Å². The van der Waals surface area contributed by atoms with E-state index in [0.29, 0.717) is 35.8 Å². The molecule has 0 radical (unpaired) electrons. The Morgan fingerprint density at radius 2 is 1.74 bits per heavy atom. The predicted octanol–water partition coefficient (Wildman–Crippen LogP) is 1.81. The first kappa shape index (κ1) is 23.3. The summed E-state index contributed by atoms with van der Waals surface area (Å²) >= 11 is 0. The molecule has 5 rings (SSSR count). The topological polar surface area (TPSA) is 131 Å². The Labute approximate surface area is 202 Å². The van der Waals surface area contributed by atoms with Crippen molar-refractivity contribution >= 4 is 33.4 Å². The minimum atomic E-state index is -3.87. The predicted molar refractivity (Wildman–Crippen MR) is 124 cm³/mol. The number of fused-ring (bicyclic) bond motifs is 1. The van der Waals surface area contributed by atoms with Gasteiger partial charge in [-0.1, -0.05) is 0 Å². The van der Waals surface area contributed by atoms with E-state index in [1.165, 1.54) is 23.1 Å². The van der Waals surface area contributed by atoms with Crippen molar-refractivity contribution in [2.45, 2.75) is 49.3 Å². The number of carbonyl (C=O) groups excluding carboxylic acids is 3. The normalized spacial score (nSPS) is 21.0. The van der Waals surface area contributed by atoms with Gasteiger partial charge in [-0.05, 0) is 54.4 Å². The summed E-state index contributed by atoms with van der Waals surface area (Å²) in [5.74, 6) is -0.563. The molecule has 2 aromatic rings. The van der Waals surface area contributed by atoms with Crippen LogP contribution in [0.15, 0.2) is 47.4 Å². The molecule has 184 valence electrons. The molecule has 0 aromatic heterocycles. The second kappa shape index (κ2) is 9.31. The number of piperidine rings is 1. The highest BCUT2D eigenvalue weighted by molar-refractivity contribution is 7.92. The van der Waals surface area contributed by atoms with Gasteiger partial charge in [-0.25, -0.2) is 8.42 Å². The molecule has 3 heterocycles. The van der Waals surface area contributed by atoms with Gasteiger partial charge in [-0.3, -0.25) is 24.4 Å². The number of benzene rings is 2. The van der Waals surface area contributed by atoms with Gasteiger partial charge in [0.05, 0.1) is 18.1 Å². The molecule has 2 saturated heterocycles. The van der Waals surface area contributed by atoms with Crippen LogP contribution in [0.5, 0.6) is 5.75 Å². The molecule has 0 bridgehead atoms. The molecule has 2 N–H and O–H groups in total. The maximum absolute atomic E-state index is 12.9. The molecule has 3 amide bonds. The van der Waals surface area contributed by atoms with Crippen molar-refractivity contribution in [3.8, 4) is 5.75 Å².